The topological polar surface area (TPSA) is 63.4 Å². The predicted molar refractivity (Wildman–Crippen MR) is 63.3 cm³/mol. The van der Waals surface area contributed by atoms with E-state index < -0.39 is 16.0 Å². The van der Waals surface area contributed by atoms with Crippen molar-refractivity contribution >= 4 is 22.4 Å². The van der Waals surface area contributed by atoms with Gasteiger partial charge in [-0.25, -0.2) is 0 Å². The average Bonchev–Trinajstić information content (AvgIpc) is 2.59. The Labute approximate surface area is 96.9 Å². The van der Waals surface area contributed by atoms with Crippen molar-refractivity contribution in [1.29, 1.82) is 0 Å². The molecule has 0 aromatic heterocycles. The standard InChI is InChI=1S/C11H14N2O2S/c1-13-6-5-10(11(13)14)16(15)9-4-2-3-8(12)7-9/h2-4,7,10H,5-6,12H2,1H3. The number of benzene rings is 1. The van der Waals surface area contributed by atoms with Gasteiger partial charge >= 0.3 is 0 Å². The maximum Gasteiger partial charge on any atom is 0.238 e. The normalized spacial score (nSPS) is 22.4. The number of nitrogen functional groups attached to an aromatic ring is 1. The van der Waals surface area contributed by atoms with Gasteiger partial charge in [-0.05, 0) is 24.6 Å². The molecular formula is C11H14N2O2S. The lowest BCUT2D eigenvalue weighted by Crippen LogP contribution is -2.28. The van der Waals surface area contributed by atoms with E-state index in [1.807, 2.05) is 0 Å². The molecule has 16 heavy (non-hydrogen) atoms. The molecule has 0 spiro atoms. The van der Waals surface area contributed by atoms with Gasteiger partial charge < -0.3 is 10.6 Å². The van der Waals surface area contributed by atoms with Gasteiger partial charge in [-0.3, -0.25) is 9.00 Å². The van der Waals surface area contributed by atoms with Gasteiger partial charge in [0.1, 0.15) is 5.25 Å². The lowest BCUT2D eigenvalue weighted by Gasteiger charge is -2.10. The van der Waals surface area contributed by atoms with E-state index in [1.165, 1.54) is 0 Å². The van der Waals surface area contributed by atoms with Crippen LogP contribution >= 0.6 is 0 Å². The monoisotopic (exact) mass is 238 g/mol. The second-order valence-electron chi connectivity index (χ2n) is 3.91. The van der Waals surface area contributed by atoms with Crippen LogP contribution in [0.25, 0.3) is 0 Å². The number of anilines is 1. The quantitative estimate of drug-likeness (QED) is 0.768. The van der Waals surface area contributed by atoms with Gasteiger partial charge in [0.15, 0.2) is 0 Å². The van der Waals surface area contributed by atoms with Crippen LogP contribution in [-0.4, -0.2) is 33.9 Å². The number of nitrogens with zero attached hydrogens (tertiary/aromatic N) is 1. The fourth-order valence-corrected chi connectivity index (χ4v) is 3.27. The SMILES string of the molecule is CN1CCC(S(=O)c2cccc(N)c2)C1=O. The molecular weight excluding hydrogens is 224 g/mol. The zero-order valence-corrected chi connectivity index (χ0v) is 9.87. The maximum atomic E-state index is 12.2. The highest BCUT2D eigenvalue weighted by molar-refractivity contribution is 7.86. The van der Waals surface area contributed by atoms with Crippen molar-refractivity contribution in [3.8, 4) is 0 Å². The Hall–Kier alpha value is -1.36. The fourth-order valence-electron chi connectivity index (χ4n) is 1.79. The predicted octanol–water partition coefficient (Wildman–Crippen LogP) is 0.607. The number of hydrogen-bond donors (Lipinski definition) is 1. The molecule has 1 aliphatic rings. The van der Waals surface area contributed by atoms with Crippen molar-refractivity contribution in [3.63, 3.8) is 0 Å². The van der Waals surface area contributed by atoms with Gasteiger partial charge in [0, 0.05) is 24.2 Å². The molecule has 1 amide bonds. The third-order valence-corrected chi connectivity index (χ3v) is 4.40. The first-order valence-corrected chi connectivity index (χ1v) is 6.32. The molecule has 1 saturated heterocycles. The number of carbonyl (C=O) groups excluding carboxylic acids is 1. The molecule has 1 heterocycles. The highest BCUT2D eigenvalue weighted by Crippen LogP contribution is 2.21. The Kier molecular flexibility index (Phi) is 2.96. The van der Waals surface area contributed by atoms with Crippen LogP contribution in [0.1, 0.15) is 6.42 Å². The highest BCUT2D eigenvalue weighted by Gasteiger charge is 2.34. The summed E-state index contributed by atoms with van der Waals surface area (Å²) in [5.74, 6) is -0.0410. The molecule has 2 atom stereocenters. The van der Waals surface area contributed by atoms with Crippen molar-refractivity contribution in [2.24, 2.45) is 0 Å². The highest BCUT2D eigenvalue weighted by atomic mass is 32.2. The Morgan fingerprint density at radius 3 is 2.81 bits per heavy atom. The van der Waals surface area contributed by atoms with Crippen LogP contribution in [-0.2, 0) is 15.6 Å². The average molecular weight is 238 g/mol. The van der Waals surface area contributed by atoms with E-state index in [-0.39, 0.29) is 5.91 Å². The van der Waals surface area contributed by atoms with E-state index in [2.05, 4.69) is 0 Å². The number of carbonyl (C=O) groups is 1. The molecule has 2 rings (SSSR count). The molecule has 0 bridgehead atoms. The summed E-state index contributed by atoms with van der Waals surface area (Å²) in [6.45, 7) is 0.678. The summed E-state index contributed by atoms with van der Waals surface area (Å²) in [6, 6.07) is 6.91. The number of likely N-dealkylation sites (tertiary alicyclic amines) is 1. The third-order valence-electron chi connectivity index (χ3n) is 2.73. The van der Waals surface area contributed by atoms with Gasteiger partial charge in [0.25, 0.3) is 0 Å². The first-order chi connectivity index (χ1) is 7.59. The molecule has 0 aliphatic carbocycles. The summed E-state index contributed by atoms with van der Waals surface area (Å²) in [7, 11) is 0.444. The van der Waals surface area contributed by atoms with Crippen LogP contribution in [0.4, 0.5) is 5.69 Å². The van der Waals surface area contributed by atoms with Crippen molar-refractivity contribution in [2.45, 2.75) is 16.6 Å². The van der Waals surface area contributed by atoms with Gasteiger partial charge in [-0.1, -0.05) is 6.07 Å². The minimum absolute atomic E-state index is 0.0410. The summed E-state index contributed by atoms with van der Waals surface area (Å²) in [5, 5.41) is -0.410. The number of nitrogens with two attached hydrogens (primary N) is 1. The van der Waals surface area contributed by atoms with Crippen molar-refractivity contribution < 1.29 is 9.00 Å². The second-order valence-corrected chi connectivity index (χ2v) is 5.54. The third kappa shape index (κ3) is 1.95. The number of rotatable bonds is 2. The molecule has 0 radical (unpaired) electrons. The summed E-state index contributed by atoms with van der Waals surface area (Å²) in [6.07, 6.45) is 0.650. The van der Waals surface area contributed by atoms with E-state index in [1.54, 1.807) is 36.2 Å². The van der Waals surface area contributed by atoms with E-state index in [9.17, 15) is 9.00 Å². The molecule has 4 nitrogen and oxygen atoms in total. The van der Waals surface area contributed by atoms with E-state index in [0.717, 1.165) is 0 Å². The van der Waals surface area contributed by atoms with Crippen LogP contribution < -0.4 is 5.73 Å². The minimum Gasteiger partial charge on any atom is -0.399 e. The summed E-state index contributed by atoms with van der Waals surface area (Å²) < 4.78 is 12.2. The summed E-state index contributed by atoms with van der Waals surface area (Å²) >= 11 is 0. The molecule has 5 heteroatoms. The Morgan fingerprint density at radius 1 is 1.50 bits per heavy atom. The molecule has 86 valence electrons. The zero-order chi connectivity index (χ0) is 11.7. The van der Waals surface area contributed by atoms with E-state index in [0.29, 0.717) is 23.5 Å². The van der Waals surface area contributed by atoms with Crippen LogP contribution in [0, 0.1) is 0 Å². The smallest absolute Gasteiger partial charge is 0.238 e. The maximum absolute atomic E-state index is 12.2. The Balaban J connectivity index is 2.23. The molecule has 0 saturated carbocycles. The number of hydrogen-bond acceptors (Lipinski definition) is 3. The molecule has 1 fully saturated rings. The van der Waals surface area contributed by atoms with Crippen molar-refractivity contribution in [3.05, 3.63) is 24.3 Å². The van der Waals surface area contributed by atoms with Gasteiger partial charge in [0.2, 0.25) is 5.91 Å². The van der Waals surface area contributed by atoms with E-state index >= 15 is 0 Å². The molecule has 1 aliphatic heterocycles. The van der Waals surface area contributed by atoms with E-state index in [4.69, 9.17) is 5.73 Å². The van der Waals surface area contributed by atoms with Gasteiger partial charge in [-0.2, -0.15) is 0 Å². The fraction of sp³-hybridized carbons (Fsp3) is 0.364. The van der Waals surface area contributed by atoms with Crippen LogP contribution in [0.5, 0.6) is 0 Å². The molecule has 1 aromatic rings. The van der Waals surface area contributed by atoms with Crippen LogP contribution in [0.3, 0.4) is 0 Å². The minimum atomic E-state index is -1.29. The van der Waals surface area contributed by atoms with Gasteiger partial charge in [0.05, 0.1) is 10.8 Å². The first-order valence-electron chi connectivity index (χ1n) is 5.10. The van der Waals surface area contributed by atoms with Crippen LogP contribution in [0.2, 0.25) is 0 Å². The molecule has 2 N–H and O–H groups in total. The largest absolute Gasteiger partial charge is 0.399 e. The second kappa shape index (κ2) is 4.25. The Bertz CT molecular complexity index is 447. The number of amides is 1. The lowest BCUT2D eigenvalue weighted by atomic mass is 10.3. The van der Waals surface area contributed by atoms with Crippen molar-refractivity contribution in [1.82, 2.24) is 4.90 Å². The molecule has 1 aromatic carbocycles. The molecule has 2 unspecified atom stereocenters. The van der Waals surface area contributed by atoms with Crippen LogP contribution in [0.15, 0.2) is 29.2 Å². The summed E-state index contributed by atoms with van der Waals surface area (Å²) in [4.78, 5) is 14.0. The zero-order valence-electron chi connectivity index (χ0n) is 9.05. The van der Waals surface area contributed by atoms with Gasteiger partial charge in [-0.15, -0.1) is 0 Å². The lowest BCUT2D eigenvalue weighted by molar-refractivity contribution is -0.126. The van der Waals surface area contributed by atoms with Crippen molar-refractivity contribution in [2.75, 3.05) is 19.3 Å². The first kappa shape index (κ1) is 11.1. The summed E-state index contributed by atoms with van der Waals surface area (Å²) in [5.41, 5.74) is 6.20. The Morgan fingerprint density at radius 2 is 2.25 bits per heavy atom.